The summed E-state index contributed by atoms with van der Waals surface area (Å²) < 4.78 is 0. The van der Waals surface area contributed by atoms with Crippen LogP contribution in [0.15, 0.2) is 30.3 Å². The largest absolute Gasteiger partial charge is 0.399 e. The van der Waals surface area contributed by atoms with Crippen LogP contribution in [0.2, 0.25) is 0 Å². The summed E-state index contributed by atoms with van der Waals surface area (Å²) in [6, 6.07) is 7.36. The van der Waals surface area contributed by atoms with Crippen molar-refractivity contribution in [1.82, 2.24) is 4.90 Å². The molecule has 0 aromatic heterocycles. The fraction of sp³-hybridized carbons (Fsp3) is 0.357. The molecule has 18 heavy (non-hydrogen) atoms. The molecule has 1 fully saturated rings. The number of likely N-dealkylation sites (tertiary alicyclic amines) is 1. The molecule has 1 amide bonds. The monoisotopic (exact) mass is 246 g/mol. The SMILES string of the molecule is Nc1ccc(/C=C/C(=O)N2CCC(CO)C2)cc1. The number of nitrogen functional groups attached to an aromatic ring is 1. The van der Waals surface area contributed by atoms with Crippen LogP contribution in [0.4, 0.5) is 5.69 Å². The van der Waals surface area contributed by atoms with Gasteiger partial charge in [-0.1, -0.05) is 12.1 Å². The number of nitrogens with zero attached hydrogens (tertiary/aromatic N) is 1. The lowest BCUT2D eigenvalue weighted by molar-refractivity contribution is -0.125. The molecule has 0 radical (unpaired) electrons. The normalized spacial score (nSPS) is 19.6. The predicted molar refractivity (Wildman–Crippen MR) is 71.7 cm³/mol. The molecule has 0 bridgehead atoms. The number of hydrogen-bond acceptors (Lipinski definition) is 3. The molecule has 1 unspecified atom stereocenters. The molecule has 1 aromatic carbocycles. The van der Waals surface area contributed by atoms with Gasteiger partial charge < -0.3 is 15.7 Å². The number of carbonyl (C=O) groups excluding carboxylic acids is 1. The summed E-state index contributed by atoms with van der Waals surface area (Å²) >= 11 is 0. The zero-order valence-corrected chi connectivity index (χ0v) is 10.2. The van der Waals surface area contributed by atoms with Crippen LogP contribution < -0.4 is 5.73 Å². The minimum absolute atomic E-state index is 0.00257. The van der Waals surface area contributed by atoms with E-state index in [1.165, 1.54) is 0 Å². The third-order valence-corrected chi connectivity index (χ3v) is 3.21. The first-order valence-corrected chi connectivity index (χ1v) is 6.12. The first kappa shape index (κ1) is 12.6. The third-order valence-electron chi connectivity index (χ3n) is 3.21. The molecule has 0 spiro atoms. The van der Waals surface area contributed by atoms with E-state index in [2.05, 4.69) is 0 Å². The van der Waals surface area contributed by atoms with E-state index in [1.807, 2.05) is 24.3 Å². The van der Waals surface area contributed by atoms with E-state index in [-0.39, 0.29) is 18.4 Å². The lowest BCUT2D eigenvalue weighted by atomic mass is 10.1. The molecule has 4 heteroatoms. The van der Waals surface area contributed by atoms with Crippen molar-refractivity contribution in [3.63, 3.8) is 0 Å². The van der Waals surface area contributed by atoms with Crippen molar-refractivity contribution in [2.24, 2.45) is 5.92 Å². The minimum Gasteiger partial charge on any atom is -0.399 e. The van der Waals surface area contributed by atoms with Crippen LogP contribution in [0.25, 0.3) is 6.08 Å². The molecule has 1 saturated heterocycles. The van der Waals surface area contributed by atoms with Crippen molar-refractivity contribution in [3.8, 4) is 0 Å². The van der Waals surface area contributed by atoms with Gasteiger partial charge in [0, 0.05) is 37.4 Å². The second kappa shape index (κ2) is 5.69. The highest BCUT2D eigenvalue weighted by atomic mass is 16.3. The molecule has 1 heterocycles. The van der Waals surface area contributed by atoms with Crippen LogP contribution in [0, 0.1) is 5.92 Å². The highest BCUT2D eigenvalue weighted by molar-refractivity contribution is 5.92. The number of hydrogen-bond donors (Lipinski definition) is 2. The zero-order chi connectivity index (χ0) is 13.0. The van der Waals surface area contributed by atoms with Gasteiger partial charge in [-0.25, -0.2) is 0 Å². The first-order valence-electron chi connectivity index (χ1n) is 6.12. The number of rotatable bonds is 3. The van der Waals surface area contributed by atoms with Crippen molar-refractivity contribution in [2.75, 3.05) is 25.4 Å². The number of anilines is 1. The molecule has 0 aliphatic carbocycles. The summed E-state index contributed by atoms with van der Waals surface area (Å²) in [5.74, 6) is 0.238. The van der Waals surface area contributed by atoms with Gasteiger partial charge in [0.1, 0.15) is 0 Å². The van der Waals surface area contributed by atoms with Gasteiger partial charge in [0.25, 0.3) is 0 Å². The van der Waals surface area contributed by atoms with Gasteiger partial charge in [-0.15, -0.1) is 0 Å². The van der Waals surface area contributed by atoms with Gasteiger partial charge >= 0.3 is 0 Å². The number of benzene rings is 1. The number of amides is 1. The minimum atomic E-state index is 0.00257. The Kier molecular flexibility index (Phi) is 3.99. The second-order valence-corrected chi connectivity index (χ2v) is 4.62. The second-order valence-electron chi connectivity index (χ2n) is 4.62. The lowest BCUT2D eigenvalue weighted by Gasteiger charge is -2.13. The number of carbonyl (C=O) groups is 1. The Morgan fingerprint density at radius 2 is 2.17 bits per heavy atom. The van der Waals surface area contributed by atoms with Crippen molar-refractivity contribution >= 4 is 17.7 Å². The maximum absolute atomic E-state index is 11.9. The average Bonchev–Trinajstić information content (AvgIpc) is 2.86. The number of aliphatic hydroxyl groups is 1. The first-order chi connectivity index (χ1) is 8.69. The predicted octanol–water partition coefficient (Wildman–Crippen LogP) is 1.12. The molecule has 1 aliphatic heterocycles. The van der Waals surface area contributed by atoms with Crippen LogP contribution in [-0.4, -0.2) is 35.6 Å². The Hall–Kier alpha value is -1.81. The van der Waals surface area contributed by atoms with Gasteiger partial charge in [-0.3, -0.25) is 4.79 Å². The van der Waals surface area contributed by atoms with Gasteiger partial charge in [0.05, 0.1) is 0 Å². The van der Waals surface area contributed by atoms with Crippen LogP contribution in [0.5, 0.6) is 0 Å². The Morgan fingerprint density at radius 3 is 2.78 bits per heavy atom. The van der Waals surface area contributed by atoms with E-state index in [9.17, 15) is 4.79 Å². The molecule has 4 nitrogen and oxygen atoms in total. The van der Waals surface area contributed by atoms with Gasteiger partial charge in [-0.05, 0) is 30.2 Å². The molecule has 3 N–H and O–H groups in total. The highest BCUT2D eigenvalue weighted by Gasteiger charge is 2.23. The fourth-order valence-electron chi connectivity index (χ4n) is 2.06. The van der Waals surface area contributed by atoms with E-state index in [0.717, 1.165) is 18.5 Å². The zero-order valence-electron chi connectivity index (χ0n) is 10.2. The van der Waals surface area contributed by atoms with Crippen LogP contribution in [0.1, 0.15) is 12.0 Å². The molecular weight excluding hydrogens is 228 g/mol. The molecule has 0 saturated carbocycles. The number of aliphatic hydroxyl groups excluding tert-OH is 1. The van der Waals surface area contributed by atoms with Crippen molar-refractivity contribution in [1.29, 1.82) is 0 Å². The fourth-order valence-corrected chi connectivity index (χ4v) is 2.06. The van der Waals surface area contributed by atoms with Gasteiger partial charge in [0.2, 0.25) is 5.91 Å². The Labute approximate surface area is 107 Å². The van der Waals surface area contributed by atoms with E-state index in [0.29, 0.717) is 12.2 Å². The van der Waals surface area contributed by atoms with Crippen molar-refractivity contribution in [3.05, 3.63) is 35.9 Å². The van der Waals surface area contributed by atoms with Crippen molar-refractivity contribution < 1.29 is 9.90 Å². The van der Waals surface area contributed by atoms with Crippen LogP contribution >= 0.6 is 0 Å². The quantitative estimate of drug-likeness (QED) is 0.620. The summed E-state index contributed by atoms with van der Waals surface area (Å²) in [7, 11) is 0. The maximum Gasteiger partial charge on any atom is 0.246 e. The summed E-state index contributed by atoms with van der Waals surface area (Å²) in [6.45, 7) is 1.54. The Bertz CT molecular complexity index is 440. The van der Waals surface area contributed by atoms with E-state index in [1.54, 1.807) is 17.1 Å². The van der Waals surface area contributed by atoms with E-state index in [4.69, 9.17) is 10.8 Å². The molecule has 1 aliphatic rings. The maximum atomic E-state index is 11.9. The smallest absolute Gasteiger partial charge is 0.246 e. The topological polar surface area (TPSA) is 66.6 Å². The van der Waals surface area contributed by atoms with E-state index < -0.39 is 0 Å². The summed E-state index contributed by atoms with van der Waals surface area (Å²) in [4.78, 5) is 13.7. The molecule has 1 atom stereocenters. The van der Waals surface area contributed by atoms with Gasteiger partial charge in [-0.2, -0.15) is 0 Å². The average molecular weight is 246 g/mol. The molecule has 1 aromatic rings. The Balaban J connectivity index is 1.93. The van der Waals surface area contributed by atoms with Crippen LogP contribution in [0.3, 0.4) is 0 Å². The Morgan fingerprint density at radius 1 is 1.44 bits per heavy atom. The molecular formula is C14H18N2O2. The standard InChI is InChI=1S/C14H18N2O2/c15-13-4-1-11(2-5-13)3-6-14(18)16-8-7-12(9-16)10-17/h1-6,12,17H,7-10,15H2/b6-3+. The number of nitrogens with two attached hydrogens (primary N) is 1. The third kappa shape index (κ3) is 3.11. The summed E-state index contributed by atoms with van der Waals surface area (Å²) in [5, 5.41) is 9.03. The lowest BCUT2D eigenvalue weighted by Crippen LogP contribution is -2.27. The van der Waals surface area contributed by atoms with E-state index >= 15 is 0 Å². The van der Waals surface area contributed by atoms with Crippen LogP contribution in [-0.2, 0) is 4.79 Å². The summed E-state index contributed by atoms with van der Waals surface area (Å²) in [5.41, 5.74) is 7.26. The van der Waals surface area contributed by atoms with Gasteiger partial charge in [0.15, 0.2) is 0 Å². The molecule has 96 valence electrons. The summed E-state index contributed by atoms with van der Waals surface area (Å²) in [6.07, 6.45) is 4.25. The molecule has 2 rings (SSSR count). The van der Waals surface area contributed by atoms with Crippen molar-refractivity contribution in [2.45, 2.75) is 6.42 Å². The highest BCUT2D eigenvalue weighted by Crippen LogP contribution is 2.16.